The van der Waals surface area contributed by atoms with Crippen LogP contribution in [0.3, 0.4) is 0 Å². The number of aromatic hydroxyl groups is 1. The Hall–Kier alpha value is -4.23. The minimum Gasteiger partial charge on any atom is -0.508 e. The summed E-state index contributed by atoms with van der Waals surface area (Å²) >= 11 is 0. The number of ether oxygens (including phenoxy) is 2. The van der Waals surface area contributed by atoms with E-state index in [-0.39, 0.29) is 46.6 Å². The lowest BCUT2D eigenvalue weighted by molar-refractivity contribution is 0.107. The van der Waals surface area contributed by atoms with Crippen LogP contribution in [0, 0.1) is 24.0 Å². The summed E-state index contributed by atoms with van der Waals surface area (Å²) in [5, 5.41) is 11.8. The summed E-state index contributed by atoms with van der Waals surface area (Å²) in [5.74, 6) is 1.90. The highest BCUT2D eigenvalue weighted by Crippen LogP contribution is 2.46. The minimum atomic E-state index is -0.913. The molecule has 0 radical (unpaired) electrons. The maximum atomic E-state index is 17.0. The minimum absolute atomic E-state index is 0.000514. The third-order valence-corrected chi connectivity index (χ3v) is 10.2. The number of hydrogen-bond donors (Lipinski definition) is 1. The van der Waals surface area contributed by atoms with Crippen LogP contribution in [0.1, 0.15) is 50.5 Å². The van der Waals surface area contributed by atoms with Gasteiger partial charge in [-0.05, 0) is 73.9 Å². The van der Waals surface area contributed by atoms with Gasteiger partial charge in [0, 0.05) is 42.9 Å². The third-order valence-electron chi connectivity index (χ3n) is 10.2. The number of benzene rings is 3. The van der Waals surface area contributed by atoms with Gasteiger partial charge in [-0.1, -0.05) is 12.0 Å². The molecule has 3 fully saturated rings. The molecule has 0 amide bonds. The average Bonchev–Trinajstić information content (AvgIpc) is 3.55. The fraction of sp³-hybridized carbons (Fsp3) is 0.429. The van der Waals surface area contributed by atoms with E-state index in [0.29, 0.717) is 47.3 Å². The quantitative estimate of drug-likeness (QED) is 0.263. The number of piperidine rings is 1. The Morgan fingerprint density at radius 1 is 1.07 bits per heavy atom. The van der Waals surface area contributed by atoms with Crippen molar-refractivity contribution < 1.29 is 27.8 Å². The van der Waals surface area contributed by atoms with Gasteiger partial charge in [-0.25, -0.2) is 13.2 Å². The number of rotatable bonds is 4. The van der Waals surface area contributed by atoms with E-state index in [9.17, 15) is 13.9 Å². The molecule has 10 heteroatoms. The molecule has 4 aliphatic heterocycles. The number of aromatic nitrogens is 2. The molecule has 4 aromatic rings. The van der Waals surface area contributed by atoms with Crippen LogP contribution in [0.25, 0.3) is 32.8 Å². The summed E-state index contributed by atoms with van der Waals surface area (Å²) in [5.41, 5.74) is -0.181. The maximum Gasteiger partial charge on any atom is 0.319 e. The van der Waals surface area contributed by atoms with Crippen molar-refractivity contribution in [2.45, 2.75) is 62.7 Å². The van der Waals surface area contributed by atoms with Gasteiger partial charge in [0.05, 0.1) is 23.1 Å². The Balaban J connectivity index is 1.34. The number of phenols is 1. The van der Waals surface area contributed by atoms with Crippen LogP contribution in [0.2, 0.25) is 0 Å². The topological polar surface area (TPSA) is 71.0 Å². The van der Waals surface area contributed by atoms with Crippen LogP contribution in [-0.4, -0.2) is 70.6 Å². The predicted octanol–water partition coefficient (Wildman–Crippen LogP) is 6.51. The van der Waals surface area contributed by atoms with E-state index in [0.717, 1.165) is 51.6 Å². The van der Waals surface area contributed by atoms with Crippen molar-refractivity contribution in [1.82, 2.24) is 14.9 Å². The molecule has 0 saturated carbocycles. The normalized spacial score (nSPS) is 24.5. The summed E-state index contributed by atoms with van der Waals surface area (Å²) < 4.78 is 59.0. The molecule has 1 N–H and O–H groups in total. The highest BCUT2D eigenvalue weighted by Gasteiger charge is 2.49. The van der Waals surface area contributed by atoms with Crippen molar-refractivity contribution in [1.29, 1.82) is 0 Å². The number of hydrogen-bond acceptors (Lipinski definition) is 7. The molecule has 0 bridgehead atoms. The number of anilines is 1. The van der Waals surface area contributed by atoms with Gasteiger partial charge in [-0.3, -0.25) is 4.90 Å². The first-order chi connectivity index (χ1) is 21.8. The molecule has 1 unspecified atom stereocenters. The van der Waals surface area contributed by atoms with E-state index in [2.05, 4.69) is 20.7 Å². The monoisotopic (exact) mass is 614 g/mol. The van der Waals surface area contributed by atoms with E-state index in [1.165, 1.54) is 24.3 Å². The zero-order chi connectivity index (χ0) is 30.9. The molecule has 3 saturated heterocycles. The third kappa shape index (κ3) is 4.54. The van der Waals surface area contributed by atoms with Crippen LogP contribution >= 0.6 is 0 Å². The van der Waals surface area contributed by atoms with Gasteiger partial charge in [-0.15, -0.1) is 6.42 Å². The second-order valence-corrected chi connectivity index (χ2v) is 12.8. The van der Waals surface area contributed by atoms with E-state index in [4.69, 9.17) is 20.9 Å². The van der Waals surface area contributed by atoms with Crippen molar-refractivity contribution >= 4 is 27.5 Å². The van der Waals surface area contributed by atoms with E-state index >= 15 is 4.39 Å². The lowest BCUT2D eigenvalue weighted by atomic mass is 9.92. The molecule has 0 aliphatic carbocycles. The maximum absolute atomic E-state index is 17.0. The largest absolute Gasteiger partial charge is 0.508 e. The van der Waals surface area contributed by atoms with Gasteiger partial charge in [0.2, 0.25) is 0 Å². The Kier molecular flexibility index (Phi) is 6.71. The Labute approximate surface area is 259 Å². The van der Waals surface area contributed by atoms with Crippen molar-refractivity contribution in [2.24, 2.45) is 0 Å². The summed E-state index contributed by atoms with van der Waals surface area (Å²) in [6.45, 7) is 2.57. The van der Waals surface area contributed by atoms with Gasteiger partial charge >= 0.3 is 6.01 Å². The van der Waals surface area contributed by atoms with Gasteiger partial charge < -0.3 is 19.5 Å². The summed E-state index contributed by atoms with van der Waals surface area (Å²) in [6, 6.07) is 7.34. The van der Waals surface area contributed by atoms with Crippen molar-refractivity contribution in [3.63, 3.8) is 0 Å². The van der Waals surface area contributed by atoms with Crippen molar-refractivity contribution in [3.8, 4) is 41.0 Å². The molecule has 232 valence electrons. The molecule has 0 spiro atoms. The summed E-state index contributed by atoms with van der Waals surface area (Å²) in [6.07, 6.45) is 10.8. The van der Waals surface area contributed by atoms with Gasteiger partial charge in [0.25, 0.3) is 0 Å². The summed E-state index contributed by atoms with van der Waals surface area (Å²) in [4.78, 5) is 13.9. The van der Waals surface area contributed by atoms with Crippen LogP contribution < -0.4 is 14.4 Å². The molecule has 4 aliphatic rings. The van der Waals surface area contributed by atoms with Crippen LogP contribution in [-0.2, 0) is 0 Å². The standard InChI is InChI=1S/C35H33F3N4O3/c1-2-24-27(37)8-7-20-14-23(43)15-25(29(20)24)26-16-28-30-32(31(26)38)39-34(45-19-35-10-5-11-41(35)18-21(36)17-35)40-33(30)42-12-4-3-6-22(42)9-13-44-28/h1,7-8,14-16,21-22,43H,3-6,9-13,17-19H2/t21-,22?,35+/m1/s1. The number of fused-ring (bicyclic) bond motifs is 4. The molecule has 8 rings (SSSR count). The highest BCUT2D eigenvalue weighted by molar-refractivity contribution is 6.05. The molecule has 7 nitrogen and oxygen atoms in total. The zero-order valence-electron chi connectivity index (χ0n) is 24.8. The fourth-order valence-corrected chi connectivity index (χ4v) is 8.10. The smallest absolute Gasteiger partial charge is 0.319 e. The second kappa shape index (κ2) is 10.7. The first kappa shape index (κ1) is 28.3. The van der Waals surface area contributed by atoms with E-state index < -0.39 is 23.3 Å². The van der Waals surface area contributed by atoms with Crippen LogP contribution in [0.4, 0.5) is 19.0 Å². The highest BCUT2D eigenvalue weighted by atomic mass is 19.1. The first-order valence-electron chi connectivity index (χ1n) is 15.7. The van der Waals surface area contributed by atoms with Crippen molar-refractivity contribution in [2.75, 3.05) is 37.7 Å². The molecular weight excluding hydrogens is 581 g/mol. The number of terminal acetylenes is 1. The summed E-state index contributed by atoms with van der Waals surface area (Å²) in [7, 11) is 0. The second-order valence-electron chi connectivity index (χ2n) is 12.8. The number of halogens is 3. The first-order valence-corrected chi connectivity index (χ1v) is 15.7. The molecule has 5 heterocycles. The Bertz CT molecular complexity index is 1890. The lowest BCUT2D eigenvalue weighted by Gasteiger charge is -2.39. The van der Waals surface area contributed by atoms with Crippen LogP contribution in [0.5, 0.6) is 17.5 Å². The number of alkyl halides is 1. The van der Waals surface area contributed by atoms with Crippen LogP contribution in [0.15, 0.2) is 30.3 Å². The molecule has 45 heavy (non-hydrogen) atoms. The van der Waals surface area contributed by atoms with Gasteiger partial charge in [-0.2, -0.15) is 9.97 Å². The molecule has 3 aromatic carbocycles. The SMILES string of the molecule is C#Cc1c(F)ccc2cc(O)cc(-c3cc4c5c(nc(OC[C@@]67CCCN6C[C@H](F)C7)nc5c3F)N3CCCCC3CCO4)c12. The zero-order valence-corrected chi connectivity index (χ0v) is 24.8. The van der Waals surface area contributed by atoms with Gasteiger partial charge in [0.15, 0.2) is 5.82 Å². The van der Waals surface area contributed by atoms with Gasteiger partial charge in [0.1, 0.15) is 41.4 Å². The average molecular weight is 615 g/mol. The lowest BCUT2D eigenvalue weighted by Crippen LogP contribution is -2.44. The number of nitrogens with zero attached hydrogens (tertiary/aromatic N) is 4. The predicted molar refractivity (Wildman–Crippen MR) is 166 cm³/mol. The fourth-order valence-electron chi connectivity index (χ4n) is 8.10. The number of phenolic OH excluding ortho intramolecular Hbond substituents is 1. The Morgan fingerprint density at radius 2 is 1.96 bits per heavy atom. The van der Waals surface area contributed by atoms with E-state index in [1.807, 2.05) is 0 Å². The van der Waals surface area contributed by atoms with E-state index in [1.54, 1.807) is 6.07 Å². The Morgan fingerprint density at radius 3 is 2.82 bits per heavy atom. The molecular formula is C35H33F3N4O3. The molecule has 3 atom stereocenters. The molecule has 1 aromatic heterocycles. The van der Waals surface area contributed by atoms with Crippen molar-refractivity contribution in [3.05, 3.63) is 47.5 Å².